The third-order valence-electron chi connectivity index (χ3n) is 4.74. The zero-order chi connectivity index (χ0) is 18.2. The van der Waals surface area contributed by atoms with Crippen LogP contribution in [0.1, 0.15) is 50.1 Å². The number of carbonyl (C=O) groups is 2. The van der Waals surface area contributed by atoms with Crippen LogP contribution in [0.25, 0.3) is 0 Å². The molecular formula is C20H26N4O2. The largest absolute Gasteiger partial charge is 0.355 e. The van der Waals surface area contributed by atoms with E-state index in [1.54, 1.807) is 6.20 Å². The Morgan fingerprint density at radius 1 is 1.04 bits per heavy atom. The van der Waals surface area contributed by atoms with Gasteiger partial charge in [-0.15, -0.1) is 0 Å². The van der Waals surface area contributed by atoms with Crippen molar-refractivity contribution in [2.24, 2.45) is 0 Å². The number of aromatic nitrogens is 2. The number of rotatable bonds is 7. The molecule has 1 saturated carbocycles. The Hall–Kier alpha value is -2.63. The molecule has 3 rings (SSSR count). The summed E-state index contributed by atoms with van der Waals surface area (Å²) < 4.78 is 1.94. The predicted octanol–water partition coefficient (Wildman–Crippen LogP) is 3.08. The first kappa shape index (κ1) is 18.2. The Morgan fingerprint density at radius 3 is 2.58 bits per heavy atom. The maximum atomic E-state index is 12.2. The van der Waals surface area contributed by atoms with Crippen LogP contribution in [0, 0.1) is 0 Å². The van der Waals surface area contributed by atoms with Crippen LogP contribution in [-0.4, -0.2) is 28.1 Å². The molecule has 1 heterocycles. The lowest BCUT2D eigenvalue weighted by Crippen LogP contribution is -2.29. The SMILES string of the molecule is O=C(Cc1ccccc1)NCCC(=O)Nc1ccnn1C1CCCCC1. The molecule has 1 aromatic heterocycles. The molecule has 0 saturated heterocycles. The third kappa shape index (κ3) is 5.18. The summed E-state index contributed by atoms with van der Waals surface area (Å²) in [5.41, 5.74) is 0.964. The first-order chi connectivity index (χ1) is 12.7. The summed E-state index contributed by atoms with van der Waals surface area (Å²) in [7, 11) is 0. The van der Waals surface area contributed by atoms with Crippen LogP contribution in [0.5, 0.6) is 0 Å². The first-order valence-electron chi connectivity index (χ1n) is 9.36. The Kier molecular flexibility index (Phi) is 6.41. The fourth-order valence-corrected chi connectivity index (χ4v) is 3.39. The summed E-state index contributed by atoms with van der Waals surface area (Å²) in [5.74, 6) is 0.566. The molecule has 0 radical (unpaired) electrons. The van der Waals surface area contributed by atoms with Gasteiger partial charge >= 0.3 is 0 Å². The Labute approximate surface area is 154 Å². The van der Waals surface area contributed by atoms with E-state index in [0.717, 1.165) is 24.2 Å². The minimum Gasteiger partial charge on any atom is -0.355 e. The second-order valence-corrected chi connectivity index (χ2v) is 6.76. The zero-order valence-electron chi connectivity index (χ0n) is 15.0. The van der Waals surface area contributed by atoms with Crippen LogP contribution in [0.3, 0.4) is 0 Å². The minimum atomic E-state index is -0.109. The van der Waals surface area contributed by atoms with Gasteiger partial charge in [0.2, 0.25) is 11.8 Å². The topological polar surface area (TPSA) is 76.0 Å². The number of nitrogens with zero attached hydrogens (tertiary/aromatic N) is 2. The zero-order valence-corrected chi connectivity index (χ0v) is 15.0. The number of hydrogen-bond acceptors (Lipinski definition) is 3. The molecule has 1 fully saturated rings. The van der Waals surface area contributed by atoms with Gasteiger partial charge in [-0.05, 0) is 18.4 Å². The van der Waals surface area contributed by atoms with E-state index in [0.29, 0.717) is 19.0 Å². The van der Waals surface area contributed by atoms with Crippen LogP contribution in [-0.2, 0) is 16.0 Å². The lowest BCUT2D eigenvalue weighted by Gasteiger charge is -2.23. The van der Waals surface area contributed by atoms with Gasteiger partial charge in [-0.3, -0.25) is 9.59 Å². The van der Waals surface area contributed by atoms with Crippen molar-refractivity contribution in [3.8, 4) is 0 Å². The maximum absolute atomic E-state index is 12.2. The summed E-state index contributed by atoms with van der Waals surface area (Å²) in [4.78, 5) is 24.1. The lowest BCUT2D eigenvalue weighted by atomic mass is 9.96. The molecule has 1 aromatic carbocycles. The summed E-state index contributed by atoms with van der Waals surface area (Å²) in [5, 5.41) is 10.1. The van der Waals surface area contributed by atoms with Crippen molar-refractivity contribution in [2.45, 2.75) is 51.0 Å². The van der Waals surface area contributed by atoms with Gasteiger partial charge in [-0.25, -0.2) is 4.68 Å². The van der Waals surface area contributed by atoms with Crippen LogP contribution >= 0.6 is 0 Å². The molecule has 0 aliphatic heterocycles. The number of carbonyl (C=O) groups excluding carboxylic acids is 2. The summed E-state index contributed by atoms with van der Waals surface area (Å²) >= 11 is 0. The molecule has 0 bridgehead atoms. The fourth-order valence-electron chi connectivity index (χ4n) is 3.39. The smallest absolute Gasteiger partial charge is 0.227 e. The second kappa shape index (κ2) is 9.17. The third-order valence-corrected chi connectivity index (χ3v) is 4.74. The average molecular weight is 354 g/mol. The number of benzene rings is 1. The fraction of sp³-hybridized carbons (Fsp3) is 0.450. The Balaban J connectivity index is 1.42. The Bertz CT molecular complexity index is 720. The van der Waals surface area contributed by atoms with Crippen LogP contribution in [0.4, 0.5) is 5.82 Å². The summed E-state index contributed by atoms with van der Waals surface area (Å²) in [6.45, 7) is 0.328. The summed E-state index contributed by atoms with van der Waals surface area (Å²) in [6.07, 6.45) is 8.23. The van der Waals surface area contributed by atoms with E-state index in [9.17, 15) is 9.59 Å². The van der Waals surface area contributed by atoms with Crippen molar-refractivity contribution >= 4 is 17.6 Å². The molecule has 138 valence electrons. The molecule has 2 amide bonds. The van der Waals surface area contributed by atoms with Gasteiger partial charge in [0, 0.05) is 19.0 Å². The molecule has 2 N–H and O–H groups in total. The van der Waals surface area contributed by atoms with E-state index < -0.39 is 0 Å². The van der Waals surface area contributed by atoms with E-state index in [4.69, 9.17) is 0 Å². The van der Waals surface area contributed by atoms with E-state index in [1.165, 1.54) is 19.3 Å². The van der Waals surface area contributed by atoms with Crippen molar-refractivity contribution in [1.29, 1.82) is 0 Å². The molecule has 6 nitrogen and oxygen atoms in total. The molecule has 1 aliphatic rings. The van der Waals surface area contributed by atoms with Gasteiger partial charge in [-0.1, -0.05) is 49.6 Å². The van der Waals surface area contributed by atoms with Gasteiger partial charge in [0.05, 0.1) is 18.7 Å². The van der Waals surface area contributed by atoms with Crippen molar-refractivity contribution in [2.75, 3.05) is 11.9 Å². The highest BCUT2D eigenvalue weighted by atomic mass is 16.2. The van der Waals surface area contributed by atoms with Gasteiger partial charge in [0.25, 0.3) is 0 Å². The lowest BCUT2D eigenvalue weighted by molar-refractivity contribution is -0.120. The quantitative estimate of drug-likeness (QED) is 0.802. The molecule has 1 aliphatic carbocycles. The van der Waals surface area contributed by atoms with Crippen molar-refractivity contribution in [3.05, 3.63) is 48.2 Å². The highest BCUT2D eigenvalue weighted by Crippen LogP contribution is 2.29. The molecule has 26 heavy (non-hydrogen) atoms. The number of amides is 2. The monoisotopic (exact) mass is 354 g/mol. The number of nitrogens with one attached hydrogen (secondary N) is 2. The van der Waals surface area contributed by atoms with E-state index in [-0.39, 0.29) is 18.2 Å². The molecule has 0 spiro atoms. The maximum Gasteiger partial charge on any atom is 0.227 e. The highest BCUT2D eigenvalue weighted by molar-refractivity contribution is 5.90. The van der Waals surface area contributed by atoms with Crippen molar-refractivity contribution in [3.63, 3.8) is 0 Å². The van der Waals surface area contributed by atoms with Crippen molar-refractivity contribution in [1.82, 2.24) is 15.1 Å². The van der Waals surface area contributed by atoms with Gasteiger partial charge in [0.1, 0.15) is 5.82 Å². The molecule has 0 unspecified atom stereocenters. The van der Waals surface area contributed by atoms with Crippen LogP contribution < -0.4 is 10.6 Å². The molecular weight excluding hydrogens is 328 g/mol. The predicted molar refractivity (Wildman–Crippen MR) is 101 cm³/mol. The van der Waals surface area contributed by atoms with Gasteiger partial charge in [-0.2, -0.15) is 5.10 Å². The normalized spacial score (nSPS) is 14.8. The number of hydrogen-bond donors (Lipinski definition) is 2. The van der Waals surface area contributed by atoms with E-state index in [2.05, 4.69) is 15.7 Å². The molecule has 6 heteroatoms. The standard InChI is InChI=1S/C20H26N4O2/c25-19(12-13-21-20(26)15-16-7-3-1-4-8-16)23-18-11-14-22-24(18)17-9-5-2-6-10-17/h1,3-4,7-8,11,14,17H,2,5-6,9-10,12-13,15H2,(H,21,26)(H,23,25). The average Bonchev–Trinajstić information content (AvgIpc) is 3.11. The van der Waals surface area contributed by atoms with E-state index >= 15 is 0 Å². The first-order valence-corrected chi connectivity index (χ1v) is 9.36. The summed E-state index contributed by atoms with van der Waals surface area (Å²) in [6, 6.07) is 11.8. The van der Waals surface area contributed by atoms with Crippen molar-refractivity contribution < 1.29 is 9.59 Å². The van der Waals surface area contributed by atoms with Crippen LogP contribution in [0.2, 0.25) is 0 Å². The number of anilines is 1. The highest BCUT2D eigenvalue weighted by Gasteiger charge is 2.19. The minimum absolute atomic E-state index is 0.0729. The van der Waals surface area contributed by atoms with E-state index in [1.807, 2.05) is 41.1 Å². The van der Waals surface area contributed by atoms with Crippen LogP contribution in [0.15, 0.2) is 42.6 Å². The Morgan fingerprint density at radius 2 is 1.81 bits per heavy atom. The molecule has 2 aromatic rings. The van der Waals surface area contributed by atoms with Gasteiger partial charge < -0.3 is 10.6 Å². The van der Waals surface area contributed by atoms with Gasteiger partial charge in [0.15, 0.2) is 0 Å². The molecule has 0 atom stereocenters. The second-order valence-electron chi connectivity index (χ2n) is 6.76.